The van der Waals surface area contributed by atoms with E-state index in [0.29, 0.717) is 5.56 Å². The van der Waals surface area contributed by atoms with E-state index in [0.717, 1.165) is 43.6 Å². The predicted octanol–water partition coefficient (Wildman–Crippen LogP) is 3.19. The van der Waals surface area contributed by atoms with Gasteiger partial charge in [-0.2, -0.15) is 0 Å². The van der Waals surface area contributed by atoms with Crippen molar-refractivity contribution in [1.29, 1.82) is 0 Å². The maximum absolute atomic E-state index is 12.9. The molecule has 5 heteroatoms. The standard InChI is InChI=1S/C23H25N3O2/c1-18(27)21-16-26(22-10-6-5-9-20(21)22)17-23(28)25-13-11-24(12-14-25)15-19-7-3-2-4-8-19/h2-10,16H,11-15,17H2,1H3. The molecule has 0 unspecified atom stereocenters. The first-order chi connectivity index (χ1) is 13.6. The van der Waals surface area contributed by atoms with Crippen molar-refractivity contribution >= 4 is 22.6 Å². The Bertz CT molecular complexity index is 986. The van der Waals surface area contributed by atoms with Crippen LogP contribution in [0.15, 0.2) is 60.8 Å². The predicted molar refractivity (Wildman–Crippen MR) is 110 cm³/mol. The molecular formula is C23H25N3O2. The largest absolute Gasteiger partial charge is 0.339 e. The number of amides is 1. The Balaban J connectivity index is 1.40. The van der Waals surface area contributed by atoms with Crippen molar-refractivity contribution in [2.45, 2.75) is 20.0 Å². The Morgan fingerprint density at radius 1 is 0.893 bits per heavy atom. The summed E-state index contributed by atoms with van der Waals surface area (Å²) in [5.74, 6) is 0.132. The molecule has 5 nitrogen and oxygen atoms in total. The van der Waals surface area contributed by atoms with Gasteiger partial charge in [0.15, 0.2) is 5.78 Å². The van der Waals surface area contributed by atoms with Gasteiger partial charge in [-0.05, 0) is 18.6 Å². The van der Waals surface area contributed by atoms with Gasteiger partial charge in [0.1, 0.15) is 6.54 Å². The first-order valence-electron chi connectivity index (χ1n) is 9.74. The van der Waals surface area contributed by atoms with Crippen LogP contribution in [0, 0.1) is 0 Å². The number of rotatable bonds is 5. The lowest BCUT2D eigenvalue weighted by Gasteiger charge is -2.35. The zero-order chi connectivity index (χ0) is 19.5. The SMILES string of the molecule is CC(=O)c1cn(CC(=O)N2CCN(Cc3ccccc3)CC2)c2ccccc12. The lowest BCUT2D eigenvalue weighted by Crippen LogP contribution is -2.49. The molecule has 0 atom stereocenters. The summed E-state index contributed by atoms with van der Waals surface area (Å²) >= 11 is 0. The molecule has 0 aliphatic carbocycles. The molecule has 1 aliphatic heterocycles. The molecule has 28 heavy (non-hydrogen) atoms. The van der Waals surface area contributed by atoms with E-state index in [4.69, 9.17) is 0 Å². The lowest BCUT2D eigenvalue weighted by atomic mass is 10.1. The first-order valence-corrected chi connectivity index (χ1v) is 9.74. The summed E-state index contributed by atoms with van der Waals surface area (Å²) in [5.41, 5.74) is 2.91. The molecule has 2 heterocycles. The number of fused-ring (bicyclic) bond motifs is 1. The third-order valence-corrected chi connectivity index (χ3v) is 5.45. The summed E-state index contributed by atoms with van der Waals surface area (Å²) in [6, 6.07) is 18.2. The van der Waals surface area contributed by atoms with E-state index < -0.39 is 0 Å². The molecular weight excluding hydrogens is 350 g/mol. The van der Waals surface area contributed by atoms with Gasteiger partial charge in [0.05, 0.1) is 0 Å². The topological polar surface area (TPSA) is 45.6 Å². The van der Waals surface area contributed by atoms with Crippen LogP contribution in [0.2, 0.25) is 0 Å². The number of carbonyl (C=O) groups excluding carboxylic acids is 2. The quantitative estimate of drug-likeness (QED) is 0.644. The van der Waals surface area contributed by atoms with Crippen LogP contribution in [0.5, 0.6) is 0 Å². The van der Waals surface area contributed by atoms with Crippen LogP contribution in [0.25, 0.3) is 10.9 Å². The van der Waals surface area contributed by atoms with Gasteiger partial charge in [-0.1, -0.05) is 48.5 Å². The van der Waals surface area contributed by atoms with Crippen LogP contribution < -0.4 is 0 Å². The lowest BCUT2D eigenvalue weighted by molar-refractivity contribution is -0.133. The number of hydrogen-bond acceptors (Lipinski definition) is 3. The molecule has 2 aromatic carbocycles. The minimum Gasteiger partial charge on any atom is -0.339 e. The maximum atomic E-state index is 12.9. The highest BCUT2D eigenvalue weighted by molar-refractivity contribution is 6.07. The maximum Gasteiger partial charge on any atom is 0.242 e. The Morgan fingerprint density at radius 2 is 1.57 bits per heavy atom. The Kier molecular flexibility index (Phi) is 5.26. The summed E-state index contributed by atoms with van der Waals surface area (Å²) in [6.07, 6.45) is 1.82. The van der Waals surface area contributed by atoms with Crippen LogP contribution in [-0.4, -0.2) is 52.2 Å². The number of aromatic nitrogens is 1. The second-order valence-electron chi connectivity index (χ2n) is 7.39. The van der Waals surface area contributed by atoms with E-state index in [2.05, 4.69) is 29.2 Å². The average Bonchev–Trinajstić information content (AvgIpc) is 3.08. The van der Waals surface area contributed by atoms with Gasteiger partial charge in [-0.25, -0.2) is 0 Å². The fourth-order valence-corrected chi connectivity index (χ4v) is 3.90. The van der Waals surface area contributed by atoms with E-state index in [1.54, 1.807) is 6.92 Å². The zero-order valence-electron chi connectivity index (χ0n) is 16.2. The zero-order valence-corrected chi connectivity index (χ0v) is 16.2. The molecule has 0 bridgehead atoms. The number of carbonyl (C=O) groups is 2. The highest BCUT2D eigenvalue weighted by atomic mass is 16.2. The van der Waals surface area contributed by atoms with Gasteiger partial charge in [0.25, 0.3) is 0 Å². The van der Waals surface area contributed by atoms with Crippen molar-refractivity contribution in [3.05, 3.63) is 71.9 Å². The van der Waals surface area contributed by atoms with Gasteiger partial charge in [-0.3, -0.25) is 14.5 Å². The van der Waals surface area contributed by atoms with Crippen LogP contribution in [0.3, 0.4) is 0 Å². The number of piperazine rings is 1. The molecule has 0 spiro atoms. The fraction of sp³-hybridized carbons (Fsp3) is 0.304. The van der Waals surface area contributed by atoms with Crippen LogP contribution in [-0.2, 0) is 17.9 Å². The fourth-order valence-electron chi connectivity index (χ4n) is 3.90. The van der Waals surface area contributed by atoms with E-state index >= 15 is 0 Å². The number of nitrogens with zero attached hydrogens (tertiary/aromatic N) is 3. The molecule has 1 amide bonds. The smallest absolute Gasteiger partial charge is 0.242 e. The van der Waals surface area contributed by atoms with E-state index in [1.807, 2.05) is 46.0 Å². The molecule has 0 saturated carbocycles. The van der Waals surface area contributed by atoms with E-state index in [9.17, 15) is 9.59 Å². The summed E-state index contributed by atoms with van der Waals surface area (Å²) in [7, 11) is 0. The minimum absolute atomic E-state index is 0.0249. The summed E-state index contributed by atoms with van der Waals surface area (Å²) in [5, 5.41) is 0.912. The van der Waals surface area contributed by atoms with E-state index in [-0.39, 0.29) is 18.2 Å². The molecule has 1 fully saturated rings. The molecule has 0 N–H and O–H groups in total. The second-order valence-corrected chi connectivity index (χ2v) is 7.39. The Labute approximate surface area is 165 Å². The van der Waals surface area contributed by atoms with Gasteiger partial charge in [0.2, 0.25) is 5.91 Å². The highest BCUT2D eigenvalue weighted by Crippen LogP contribution is 2.22. The molecule has 1 aromatic heterocycles. The van der Waals surface area contributed by atoms with E-state index in [1.165, 1.54) is 5.56 Å². The average molecular weight is 375 g/mol. The Morgan fingerprint density at radius 3 is 2.29 bits per heavy atom. The molecule has 1 aliphatic rings. The van der Waals surface area contributed by atoms with Crippen molar-refractivity contribution in [3.8, 4) is 0 Å². The number of ketones is 1. The molecule has 1 saturated heterocycles. The second kappa shape index (κ2) is 7.98. The first kappa shape index (κ1) is 18.4. The van der Waals surface area contributed by atoms with Gasteiger partial charge in [-0.15, -0.1) is 0 Å². The van der Waals surface area contributed by atoms with Crippen molar-refractivity contribution in [1.82, 2.24) is 14.4 Å². The minimum atomic E-state index is 0.0249. The number of hydrogen-bond donors (Lipinski definition) is 0. The van der Waals surface area contributed by atoms with Crippen LogP contribution >= 0.6 is 0 Å². The van der Waals surface area contributed by atoms with Crippen molar-refractivity contribution < 1.29 is 9.59 Å². The summed E-state index contributed by atoms with van der Waals surface area (Å²) in [4.78, 5) is 29.1. The van der Waals surface area contributed by atoms with Crippen LogP contribution in [0.4, 0.5) is 0 Å². The summed E-state index contributed by atoms with van der Waals surface area (Å²) in [6.45, 7) is 6.01. The van der Waals surface area contributed by atoms with Crippen molar-refractivity contribution in [3.63, 3.8) is 0 Å². The Hall–Kier alpha value is -2.92. The third-order valence-electron chi connectivity index (χ3n) is 5.45. The molecule has 4 rings (SSSR count). The van der Waals surface area contributed by atoms with Crippen LogP contribution in [0.1, 0.15) is 22.8 Å². The number of para-hydroxylation sites is 1. The summed E-state index contributed by atoms with van der Waals surface area (Å²) < 4.78 is 1.91. The van der Waals surface area contributed by atoms with Gasteiger partial charge in [0, 0.05) is 55.4 Å². The van der Waals surface area contributed by atoms with Gasteiger partial charge >= 0.3 is 0 Å². The third kappa shape index (κ3) is 3.85. The van der Waals surface area contributed by atoms with Gasteiger partial charge < -0.3 is 9.47 Å². The normalized spacial score (nSPS) is 15.1. The number of Topliss-reactive ketones (excluding diaryl/α,β-unsaturated/α-hetero) is 1. The van der Waals surface area contributed by atoms with Crippen molar-refractivity contribution in [2.75, 3.05) is 26.2 Å². The molecule has 0 radical (unpaired) electrons. The highest BCUT2D eigenvalue weighted by Gasteiger charge is 2.22. The molecule has 144 valence electrons. The molecule has 3 aromatic rings. The van der Waals surface area contributed by atoms with Crippen molar-refractivity contribution in [2.24, 2.45) is 0 Å². The number of benzene rings is 2. The monoisotopic (exact) mass is 375 g/mol.